The van der Waals surface area contributed by atoms with E-state index in [2.05, 4.69) is 15.5 Å². The summed E-state index contributed by atoms with van der Waals surface area (Å²) in [6.07, 6.45) is 7.49. The summed E-state index contributed by atoms with van der Waals surface area (Å²) in [5.74, 6) is 4.01. The third-order valence-electron chi connectivity index (χ3n) is 6.00. The fourth-order valence-electron chi connectivity index (χ4n) is 4.80. The van der Waals surface area contributed by atoms with Crippen molar-refractivity contribution in [1.29, 1.82) is 0 Å². The molecule has 2 amide bonds. The van der Waals surface area contributed by atoms with Crippen LogP contribution in [0.3, 0.4) is 0 Å². The molecule has 3 fully saturated rings. The van der Waals surface area contributed by atoms with Crippen LogP contribution in [0.25, 0.3) is 0 Å². The first-order chi connectivity index (χ1) is 11.2. The lowest BCUT2D eigenvalue weighted by Gasteiger charge is -2.32. The van der Waals surface area contributed by atoms with Crippen molar-refractivity contribution in [2.45, 2.75) is 51.4 Å². The van der Waals surface area contributed by atoms with Crippen LogP contribution < -0.4 is 5.32 Å². The highest BCUT2D eigenvalue weighted by Gasteiger charge is 2.39. The molecule has 1 N–H and O–H groups in total. The highest BCUT2D eigenvalue weighted by Crippen LogP contribution is 2.47. The molecule has 2 saturated carbocycles. The Morgan fingerprint density at radius 3 is 2.96 bits per heavy atom. The maximum Gasteiger partial charge on any atom is 0.317 e. The van der Waals surface area contributed by atoms with Crippen molar-refractivity contribution < 1.29 is 9.32 Å². The van der Waals surface area contributed by atoms with Crippen molar-refractivity contribution in [1.82, 2.24) is 20.4 Å². The summed E-state index contributed by atoms with van der Waals surface area (Å²) in [5, 5.41) is 7.04. The van der Waals surface area contributed by atoms with Gasteiger partial charge in [0.2, 0.25) is 5.89 Å². The number of carbonyl (C=O) groups is 1. The van der Waals surface area contributed by atoms with Crippen molar-refractivity contribution >= 4 is 6.03 Å². The number of amides is 2. The summed E-state index contributed by atoms with van der Waals surface area (Å²) in [5.41, 5.74) is 0. The maximum atomic E-state index is 12.5. The predicted octanol–water partition coefficient (Wildman–Crippen LogP) is 2.70. The van der Waals surface area contributed by atoms with E-state index < -0.39 is 0 Å². The zero-order valence-corrected chi connectivity index (χ0v) is 13.8. The minimum atomic E-state index is 0.0775. The Morgan fingerprint density at radius 1 is 1.35 bits per heavy atom. The van der Waals surface area contributed by atoms with Crippen LogP contribution in [0.2, 0.25) is 0 Å². The molecule has 2 bridgehead atoms. The Morgan fingerprint density at radius 2 is 2.26 bits per heavy atom. The number of hydrogen-bond acceptors (Lipinski definition) is 4. The van der Waals surface area contributed by atoms with Crippen LogP contribution in [-0.2, 0) is 0 Å². The van der Waals surface area contributed by atoms with Gasteiger partial charge in [-0.15, -0.1) is 0 Å². The second-order valence-corrected chi connectivity index (χ2v) is 7.59. The average Bonchev–Trinajstić information content (AvgIpc) is 3.29. The van der Waals surface area contributed by atoms with Gasteiger partial charge in [-0.25, -0.2) is 4.79 Å². The minimum absolute atomic E-state index is 0.0775. The van der Waals surface area contributed by atoms with E-state index in [9.17, 15) is 4.79 Å². The smallest absolute Gasteiger partial charge is 0.317 e. The third-order valence-corrected chi connectivity index (χ3v) is 6.00. The molecular weight excluding hydrogens is 292 g/mol. The molecule has 126 valence electrons. The Labute approximate surface area is 137 Å². The Bertz CT molecular complexity index is 573. The van der Waals surface area contributed by atoms with Crippen molar-refractivity contribution in [2.75, 3.05) is 19.6 Å². The largest absolute Gasteiger partial charge is 0.339 e. The fourth-order valence-corrected chi connectivity index (χ4v) is 4.80. The van der Waals surface area contributed by atoms with Crippen LogP contribution in [0, 0.1) is 24.7 Å². The molecule has 6 nitrogen and oxygen atoms in total. The van der Waals surface area contributed by atoms with E-state index in [1.54, 1.807) is 0 Å². The first kappa shape index (κ1) is 15.0. The number of rotatable bonds is 3. The van der Waals surface area contributed by atoms with Crippen LogP contribution in [-0.4, -0.2) is 40.7 Å². The monoisotopic (exact) mass is 318 g/mol. The molecule has 23 heavy (non-hydrogen) atoms. The average molecular weight is 318 g/mol. The molecule has 4 rings (SSSR count). The summed E-state index contributed by atoms with van der Waals surface area (Å²) >= 11 is 0. The molecule has 6 heteroatoms. The van der Waals surface area contributed by atoms with Gasteiger partial charge in [0.1, 0.15) is 0 Å². The van der Waals surface area contributed by atoms with E-state index >= 15 is 0 Å². The van der Waals surface area contributed by atoms with E-state index in [0.717, 1.165) is 37.8 Å². The number of urea groups is 1. The molecular formula is C17H26N4O2. The Balaban J connectivity index is 1.29. The lowest BCUT2D eigenvalue weighted by atomic mass is 9.89. The van der Waals surface area contributed by atoms with Gasteiger partial charge in [-0.3, -0.25) is 0 Å². The number of aryl methyl sites for hydroxylation is 1. The van der Waals surface area contributed by atoms with Gasteiger partial charge < -0.3 is 14.7 Å². The van der Waals surface area contributed by atoms with E-state index in [1.165, 1.54) is 25.7 Å². The SMILES string of the molecule is Cc1noc(C2CCCN(C(=O)NCC3CC4CCC3C4)C2)n1. The Hall–Kier alpha value is -1.59. The molecule has 0 spiro atoms. The van der Waals surface area contributed by atoms with Gasteiger partial charge >= 0.3 is 6.03 Å². The van der Waals surface area contributed by atoms with Crippen molar-refractivity contribution in [3.8, 4) is 0 Å². The molecule has 4 atom stereocenters. The van der Waals surface area contributed by atoms with Gasteiger partial charge in [-0.1, -0.05) is 11.6 Å². The first-order valence-electron chi connectivity index (χ1n) is 9.02. The van der Waals surface area contributed by atoms with E-state index in [1.807, 2.05) is 11.8 Å². The molecule has 4 unspecified atom stereocenters. The van der Waals surface area contributed by atoms with Gasteiger partial charge in [0.05, 0.1) is 5.92 Å². The minimum Gasteiger partial charge on any atom is -0.339 e. The zero-order valence-electron chi connectivity index (χ0n) is 13.8. The van der Waals surface area contributed by atoms with Crippen LogP contribution in [0.1, 0.15) is 56.2 Å². The molecule has 0 radical (unpaired) electrons. The summed E-state index contributed by atoms with van der Waals surface area (Å²) in [4.78, 5) is 18.7. The number of nitrogens with one attached hydrogen (secondary N) is 1. The van der Waals surface area contributed by atoms with Crippen molar-refractivity contribution in [2.24, 2.45) is 17.8 Å². The lowest BCUT2D eigenvalue weighted by molar-refractivity contribution is 0.168. The number of carbonyl (C=O) groups excluding carboxylic acids is 1. The topological polar surface area (TPSA) is 71.3 Å². The molecule has 1 aromatic heterocycles. The number of fused-ring (bicyclic) bond motifs is 2. The van der Waals surface area contributed by atoms with E-state index in [-0.39, 0.29) is 11.9 Å². The lowest BCUT2D eigenvalue weighted by Crippen LogP contribution is -2.46. The van der Waals surface area contributed by atoms with Gasteiger partial charge in [0.25, 0.3) is 0 Å². The molecule has 3 aliphatic rings. The van der Waals surface area contributed by atoms with Crippen LogP contribution in [0.15, 0.2) is 4.52 Å². The Kier molecular flexibility index (Phi) is 3.99. The number of aromatic nitrogens is 2. The maximum absolute atomic E-state index is 12.5. The fraction of sp³-hybridized carbons (Fsp3) is 0.824. The van der Waals surface area contributed by atoms with E-state index in [0.29, 0.717) is 24.2 Å². The number of piperidine rings is 1. The second kappa shape index (κ2) is 6.13. The summed E-state index contributed by atoms with van der Waals surface area (Å²) in [6, 6.07) is 0.0775. The van der Waals surface area contributed by atoms with E-state index in [4.69, 9.17) is 4.52 Å². The first-order valence-corrected chi connectivity index (χ1v) is 9.02. The highest BCUT2D eigenvalue weighted by molar-refractivity contribution is 5.74. The predicted molar refractivity (Wildman–Crippen MR) is 84.9 cm³/mol. The van der Waals surface area contributed by atoms with Crippen LogP contribution >= 0.6 is 0 Å². The molecule has 2 heterocycles. The van der Waals surface area contributed by atoms with Gasteiger partial charge in [-0.2, -0.15) is 4.98 Å². The number of hydrogen-bond donors (Lipinski definition) is 1. The van der Waals surface area contributed by atoms with Gasteiger partial charge in [0, 0.05) is 19.6 Å². The van der Waals surface area contributed by atoms with Gasteiger partial charge in [0.15, 0.2) is 5.82 Å². The molecule has 1 saturated heterocycles. The van der Waals surface area contributed by atoms with Gasteiger partial charge in [-0.05, 0) is 56.8 Å². The van der Waals surface area contributed by atoms with Crippen LogP contribution in [0.4, 0.5) is 4.79 Å². The molecule has 1 aromatic rings. The molecule has 2 aliphatic carbocycles. The summed E-state index contributed by atoms with van der Waals surface area (Å²) in [6.45, 7) is 4.19. The normalized spacial score (nSPS) is 33.2. The third kappa shape index (κ3) is 3.08. The zero-order chi connectivity index (χ0) is 15.8. The standard InChI is InChI=1S/C17H26N4O2/c1-11-19-16(23-20-11)14-3-2-6-21(10-14)17(22)18-9-15-8-12-4-5-13(15)7-12/h12-15H,2-10H2,1H3,(H,18,22). The number of nitrogens with zero attached hydrogens (tertiary/aromatic N) is 3. The van der Waals surface area contributed by atoms with Crippen molar-refractivity contribution in [3.63, 3.8) is 0 Å². The summed E-state index contributed by atoms with van der Waals surface area (Å²) in [7, 11) is 0. The number of likely N-dealkylation sites (tertiary alicyclic amines) is 1. The molecule has 0 aromatic carbocycles. The summed E-state index contributed by atoms with van der Waals surface area (Å²) < 4.78 is 5.29. The van der Waals surface area contributed by atoms with Crippen LogP contribution in [0.5, 0.6) is 0 Å². The molecule has 1 aliphatic heterocycles. The highest BCUT2D eigenvalue weighted by atomic mass is 16.5. The van der Waals surface area contributed by atoms with Crippen molar-refractivity contribution in [3.05, 3.63) is 11.7 Å². The second-order valence-electron chi connectivity index (χ2n) is 7.59. The quantitative estimate of drug-likeness (QED) is 0.930.